The lowest BCUT2D eigenvalue weighted by Gasteiger charge is -2.17. The molecule has 0 aliphatic carbocycles. The van der Waals surface area contributed by atoms with Crippen LogP contribution in [-0.4, -0.2) is 52.0 Å². The number of H-pyrrole nitrogens is 1. The van der Waals surface area contributed by atoms with Crippen LogP contribution in [0, 0.1) is 0 Å². The van der Waals surface area contributed by atoms with Crippen molar-refractivity contribution in [3.05, 3.63) is 48.4 Å². The number of anilines is 1. The molecule has 2 N–H and O–H groups in total. The van der Waals surface area contributed by atoms with E-state index in [0.717, 1.165) is 29.0 Å². The van der Waals surface area contributed by atoms with Gasteiger partial charge < -0.3 is 19.9 Å². The number of carbonyl (C=O) groups is 1. The number of pyridine rings is 1. The summed E-state index contributed by atoms with van der Waals surface area (Å²) in [4.78, 5) is 26.5. The highest BCUT2D eigenvalue weighted by atomic mass is 16.5. The van der Waals surface area contributed by atoms with Gasteiger partial charge in [-0.25, -0.2) is 9.97 Å². The molecular formula is C20H23N5O2. The molecule has 3 heterocycles. The van der Waals surface area contributed by atoms with Crippen LogP contribution >= 0.6 is 0 Å². The summed E-state index contributed by atoms with van der Waals surface area (Å²) in [6.07, 6.45) is 3.55. The molecule has 0 spiro atoms. The summed E-state index contributed by atoms with van der Waals surface area (Å²) < 4.78 is 5.99. The lowest BCUT2D eigenvalue weighted by molar-refractivity contribution is -0.130. The Morgan fingerprint density at radius 1 is 1.33 bits per heavy atom. The van der Waals surface area contributed by atoms with Crippen molar-refractivity contribution in [2.75, 3.05) is 25.5 Å². The predicted molar refractivity (Wildman–Crippen MR) is 104 cm³/mol. The minimum atomic E-state index is -0.0258. The predicted octanol–water partition coefficient (Wildman–Crippen LogP) is 2.61. The number of hydrogen-bond donors (Lipinski definition) is 2. The minimum absolute atomic E-state index is 0.0258. The van der Waals surface area contributed by atoms with Gasteiger partial charge in [0.25, 0.3) is 0 Å². The molecule has 1 aliphatic rings. The number of fused-ring (bicyclic) bond motifs is 1. The van der Waals surface area contributed by atoms with Gasteiger partial charge in [-0.1, -0.05) is 12.1 Å². The minimum Gasteiger partial charge on any atom is -0.471 e. The number of ether oxygens (including phenoxy) is 1. The van der Waals surface area contributed by atoms with Crippen molar-refractivity contribution >= 4 is 22.6 Å². The highest BCUT2D eigenvalue weighted by molar-refractivity contribution is 5.77. The van der Waals surface area contributed by atoms with Crippen LogP contribution in [0.4, 0.5) is 5.69 Å². The number of carbonyl (C=O) groups excluding carboxylic acids is 1. The molecule has 1 aliphatic heterocycles. The van der Waals surface area contributed by atoms with Gasteiger partial charge in [0.15, 0.2) is 0 Å². The highest BCUT2D eigenvalue weighted by Gasteiger charge is 2.28. The van der Waals surface area contributed by atoms with Crippen molar-refractivity contribution in [1.82, 2.24) is 19.9 Å². The SMILES string of the molecule is CNc1cccnc1OC1CCN(C(=O)CCc2nc3ccccc3[nH]2)C1. The van der Waals surface area contributed by atoms with E-state index >= 15 is 0 Å². The van der Waals surface area contributed by atoms with Gasteiger partial charge in [0.2, 0.25) is 11.8 Å². The maximum atomic E-state index is 12.6. The molecule has 1 atom stereocenters. The fourth-order valence-electron chi connectivity index (χ4n) is 3.39. The number of benzene rings is 1. The van der Waals surface area contributed by atoms with Gasteiger partial charge >= 0.3 is 0 Å². The molecule has 7 heteroatoms. The molecule has 140 valence electrons. The van der Waals surface area contributed by atoms with Gasteiger partial charge in [-0.05, 0) is 24.3 Å². The molecule has 7 nitrogen and oxygen atoms in total. The van der Waals surface area contributed by atoms with Crippen molar-refractivity contribution in [3.8, 4) is 5.88 Å². The molecule has 0 radical (unpaired) electrons. The molecule has 0 saturated carbocycles. The summed E-state index contributed by atoms with van der Waals surface area (Å²) in [5, 5.41) is 3.07. The maximum Gasteiger partial charge on any atom is 0.237 e. The third-order valence-corrected chi connectivity index (χ3v) is 4.83. The third-order valence-electron chi connectivity index (χ3n) is 4.83. The zero-order valence-corrected chi connectivity index (χ0v) is 15.3. The average Bonchev–Trinajstić information content (AvgIpc) is 3.33. The van der Waals surface area contributed by atoms with Crippen LogP contribution in [-0.2, 0) is 11.2 Å². The maximum absolute atomic E-state index is 12.6. The number of nitrogens with one attached hydrogen (secondary N) is 2. The second kappa shape index (κ2) is 7.65. The normalized spacial score (nSPS) is 16.6. The second-order valence-corrected chi connectivity index (χ2v) is 6.68. The zero-order chi connectivity index (χ0) is 18.6. The van der Waals surface area contributed by atoms with E-state index in [0.29, 0.717) is 31.8 Å². The van der Waals surface area contributed by atoms with Crippen molar-refractivity contribution < 1.29 is 9.53 Å². The summed E-state index contributed by atoms with van der Waals surface area (Å²) >= 11 is 0. The Hall–Kier alpha value is -3.09. The number of aromatic nitrogens is 3. The largest absolute Gasteiger partial charge is 0.471 e. The molecule has 0 bridgehead atoms. The summed E-state index contributed by atoms with van der Waals surface area (Å²) in [5.74, 6) is 1.57. The molecule has 1 saturated heterocycles. The summed E-state index contributed by atoms with van der Waals surface area (Å²) in [6, 6.07) is 11.7. The molecule has 1 fully saturated rings. The Balaban J connectivity index is 1.31. The molecule has 27 heavy (non-hydrogen) atoms. The Morgan fingerprint density at radius 3 is 3.07 bits per heavy atom. The van der Waals surface area contributed by atoms with E-state index in [2.05, 4.69) is 20.3 Å². The monoisotopic (exact) mass is 365 g/mol. The van der Waals surface area contributed by atoms with Crippen LogP contribution in [0.1, 0.15) is 18.7 Å². The van der Waals surface area contributed by atoms with Crippen LogP contribution in [0.25, 0.3) is 11.0 Å². The number of aryl methyl sites for hydroxylation is 1. The molecule has 4 rings (SSSR count). The lowest BCUT2D eigenvalue weighted by atomic mass is 10.2. The first-order valence-electron chi connectivity index (χ1n) is 9.24. The number of para-hydroxylation sites is 2. The van der Waals surface area contributed by atoms with Gasteiger partial charge in [0.1, 0.15) is 11.9 Å². The van der Waals surface area contributed by atoms with Crippen LogP contribution in [0.15, 0.2) is 42.6 Å². The molecule has 2 aromatic heterocycles. The fourth-order valence-corrected chi connectivity index (χ4v) is 3.39. The molecule has 1 aromatic carbocycles. The van der Waals surface area contributed by atoms with Crippen LogP contribution in [0.5, 0.6) is 5.88 Å². The first kappa shape index (κ1) is 17.3. The second-order valence-electron chi connectivity index (χ2n) is 6.68. The Kier molecular flexibility index (Phi) is 4.91. The zero-order valence-electron chi connectivity index (χ0n) is 15.3. The van der Waals surface area contributed by atoms with E-state index in [1.54, 1.807) is 6.20 Å². The molecule has 3 aromatic rings. The molecule has 1 unspecified atom stereocenters. The fraction of sp³-hybridized carbons (Fsp3) is 0.350. The third kappa shape index (κ3) is 3.86. The topological polar surface area (TPSA) is 83.1 Å². The number of likely N-dealkylation sites (tertiary alicyclic amines) is 1. The lowest BCUT2D eigenvalue weighted by Crippen LogP contribution is -2.31. The summed E-state index contributed by atoms with van der Waals surface area (Å²) in [5.41, 5.74) is 2.79. The Labute approximate surface area is 157 Å². The van der Waals surface area contributed by atoms with Gasteiger partial charge in [-0.2, -0.15) is 0 Å². The van der Waals surface area contributed by atoms with Crippen molar-refractivity contribution in [2.24, 2.45) is 0 Å². The molecule has 1 amide bonds. The number of hydrogen-bond acceptors (Lipinski definition) is 5. The number of amides is 1. The summed E-state index contributed by atoms with van der Waals surface area (Å²) in [7, 11) is 1.84. The number of nitrogens with zero attached hydrogens (tertiary/aromatic N) is 3. The van der Waals surface area contributed by atoms with Crippen molar-refractivity contribution in [2.45, 2.75) is 25.4 Å². The van der Waals surface area contributed by atoms with Crippen LogP contribution in [0.2, 0.25) is 0 Å². The quantitative estimate of drug-likeness (QED) is 0.702. The van der Waals surface area contributed by atoms with E-state index < -0.39 is 0 Å². The van der Waals surface area contributed by atoms with Gasteiger partial charge in [-0.3, -0.25) is 4.79 Å². The van der Waals surface area contributed by atoms with E-state index in [9.17, 15) is 4.79 Å². The first-order valence-corrected chi connectivity index (χ1v) is 9.24. The highest BCUT2D eigenvalue weighted by Crippen LogP contribution is 2.24. The number of rotatable bonds is 6. The van der Waals surface area contributed by atoms with Gasteiger partial charge in [0, 0.05) is 39.1 Å². The van der Waals surface area contributed by atoms with E-state index in [4.69, 9.17) is 4.74 Å². The first-order chi connectivity index (χ1) is 13.2. The Bertz CT molecular complexity index is 906. The number of aromatic amines is 1. The number of imidazole rings is 1. The van der Waals surface area contributed by atoms with Crippen LogP contribution < -0.4 is 10.1 Å². The standard InChI is InChI=1S/C20H23N5O2/c1-21-17-7-4-11-22-20(17)27-14-10-12-25(13-14)19(26)9-8-18-23-15-5-2-3-6-16(15)24-18/h2-7,11,14,21H,8-10,12-13H2,1H3,(H,23,24). The van der Waals surface area contributed by atoms with E-state index in [1.165, 1.54) is 0 Å². The molecular weight excluding hydrogens is 342 g/mol. The summed E-state index contributed by atoms with van der Waals surface area (Å²) in [6.45, 7) is 1.31. The van der Waals surface area contributed by atoms with Gasteiger partial charge in [0.05, 0.1) is 23.3 Å². The smallest absolute Gasteiger partial charge is 0.237 e. The van der Waals surface area contributed by atoms with Crippen molar-refractivity contribution in [1.29, 1.82) is 0 Å². The van der Waals surface area contributed by atoms with Gasteiger partial charge in [-0.15, -0.1) is 0 Å². The van der Waals surface area contributed by atoms with E-state index in [-0.39, 0.29) is 12.0 Å². The average molecular weight is 365 g/mol. The van der Waals surface area contributed by atoms with Crippen LogP contribution in [0.3, 0.4) is 0 Å². The Morgan fingerprint density at radius 2 is 2.22 bits per heavy atom. The van der Waals surface area contributed by atoms with Crippen molar-refractivity contribution in [3.63, 3.8) is 0 Å². The van der Waals surface area contributed by atoms with E-state index in [1.807, 2.05) is 48.3 Å².